The summed E-state index contributed by atoms with van der Waals surface area (Å²) in [6, 6.07) is 0. The van der Waals surface area contributed by atoms with Gasteiger partial charge in [-0.25, -0.2) is 0 Å². The molecule has 0 fully saturated rings. The van der Waals surface area contributed by atoms with Gasteiger partial charge in [-0.15, -0.1) is 0 Å². The Morgan fingerprint density at radius 3 is 1.64 bits per heavy atom. The van der Waals surface area contributed by atoms with Crippen molar-refractivity contribution in [2.24, 2.45) is 5.92 Å². The number of aliphatic hydroxyl groups is 2. The van der Waals surface area contributed by atoms with Gasteiger partial charge >= 0.3 is 29.6 Å². The molecule has 0 aromatic carbocycles. The van der Waals surface area contributed by atoms with Crippen molar-refractivity contribution >= 4 is 39.7 Å². The number of hydrogen-bond acceptors (Lipinski definition) is 4. The van der Waals surface area contributed by atoms with E-state index >= 15 is 0 Å². The standard InChI is InChI=1S/C4H10O5S.Na.H/c5-1-4(2-6)3-10(7,8)9;;/h4-6H,1-3H2,(H,7,8,9);;. The van der Waals surface area contributed by atoms with E-state index in [1.54, 1.807) is 0 Å². The Morgan fingerprint density at radius 1 is 1.18 bits per heavy atom. The van der Waals surface area contributed by atoms with Crippen LogP contribution < -0.4 is 0 Å². The SMILES string of the molecule is O=S(=O)(O)CC(CO)CO.[NaH]. The average molecular weight is 194 g/mol. The van der Waals surface area contributed by atoms with Crippen molar-refractivity contribution in [3.8, 4) is 0 Å². The van der Waals surface area contributed by atoms with Crippen LogP contribution in [0.15, 0.2) is 0 Å². The zero-order valence-corrected chi connectivity index (χ0v) is 6.08. The fourth-order valence-corrected chi connectivity index (χ4v) is 1.27. The van der Waals surface area contributed by atoms with E-state index in [2.05, 4.69) is 0 Å². The molecule has 0 spiro atoms. The summed E-state index contributed by atoms with van der Waals surface area (Å²) < 4.78 is 28.4. The topological polar surface area (TPSA) is 94.8 Å². The van der Waals surface area contributed by atoms with E-state index in [9.17, 15) is 8.42 Å². The molecule has 0 unspecified atom stereocenters. The maximum absolute atomic E-state index is 10.1. The van der Waals surface area contributed by atoms with Gasteiger partial charge in [-0.2, -0.15) is 8.42 Å². The Balaban J connectivity index is 0. The van der Waals surface area contributed by atoms with Crippen molar-refractivity contribution in [3.05, 3.63) is 0 Å². The van der Waals surface area contributed by atoms with Crippen LogP contribution in [0.3, 0.4) is 0 Å². The number of aliphatic hydroxyl groups excluding tert-OH is 2. The van der Waals surface area contributed by atoms with Crippen molar-refractivity contribution < 1.29 is 23.2 Å². The predicted molar refractivity (Wildman–Crippen MR) is 41.2 cm³/mol. The molecule has 0 aromatic rings. The molecule has 0 radical (unpaired) electrons. The molecule has 0 bridgehead atoms. The third-order valence-corrected chi connectivity index (χ3v) is 1.86. The summed E-state index contributed by atoms with van der Waals surface area (Å²) in [4.78, 5) is 0. The molecular weight excluding hydrogens is 183 g/mol. The summed E-state index contributed by atoms with van der Waals surface area (Å²) >= 11 is 0. The van der Waals surface area contributed by atoms with E-state index in [-0.39, 0.29) is 29.6 Å². The zero-order chi connectivity index (χ0) is 8.20. The van der Waals surface area contributed by atoms with Gasteiger partial charge in [0.05, 0.1) is 5.75 Å². The van der Waals surface area contributed by atoms with Gasteiger partial charge in [0.1, 0.15) is 0 Å². The van der Waals surface area contributed by atoms with Crippen LogP contribution in [-0.2, 0) is 10.1 Å². The summed E-state index contributed by atoms with van der Waals surface area (Å²) in [7, 11) is -4.07. The number of hydrogen-bond donors (Lipinski definition) is 3. The molecule has 11 heavy (non-hydrogen) atoms. The van der Waals surface area contributed by atoms with Gasteiger partial charge in [0.2, 0.25) is 0 Å². The van der Waals surface area contributed by atoms with E-state index in [0.717, 1.165) is 0 Å². The first-order valence-electron chi connectivity index (χ1n) is 2.66. The van der Waals surface area contributed by atoms with E-state index in [4.69, 9.17) is 14.8 Å². The predicted octanol–water partition coefficient (Wildman–Crippen LogP) is -2.17. The first kappa shape index (κ1) is 14.4. The number of rotatable bonds is 4. The van der Waals surface area contributed by atoms with Gasteiger partial charge in [-0.3, -0.25) is 4.55 Å². The summed E-state index contributed by atoms with van der Waals surface area (Å²) in [5.41, 5.74) is 0. The first-order chi connectivity index (χ1) is 4.49. The van der Waals surface area contributed by atoms with Gasteiger partial charge in [-0.1, -0.05) is 0 Å². The van der Waals surface area contributed by atoms with Crippen molar-refractivity contribution in [2.45, 2.75) is 0 Å². The summed E-state index contributed by atoms with van der Waals surface area (Å²) in [5.74, 6) is -1.38. The van der Waals surface area contributed by atoms with Crippen LogP contribution >= 0.6 is 0 Å². The quantitative estimate of drug-likeness (QED) is 0.349. The van der Waals surface area contributed by atoms with Crippen LogP contribution in [0.2, 0.25) is 0 Å². The van der Waals surface area contributed by atoms with Gasteiger partial charge in [0, 0.05) is 19.1 Å². The zero-order valence-electron chi connectivity index (χ0n) is 5.27. The van der Waals surface area contributed by atoms with E-state index in [0.29, 0.717) is 0 Å². The minimum atomic E-state index is -4.07. The van der Waals surface area contributed by atoms with Gasteiger partial charge in [0.15, 0.2) is 0 Å². The molecule has 0 rings (SSSR count). The fraction of sp³-hybridized carbons (Fsp3) is 1.00. The Kier molecular flexibility index (Phi) is 8.30. The van der Waals surface area contributed by atoms with Crippen molar-refractivity contribution in [1.29, 1.82) is 0 Å². The normalized spacial score (nSPS) is 11.3. The molecule has 0 heterocycles. The van der Waals surface area contributed by atoms with Crippen LogP contribution in [0.25, 0.3) is 0 Å². The molecule has 0 amide bonds. The molecule has 0 aliphatic rings. The van der Waals surface area contributed by atoms with Crippen LogP contribution in [0.5, 0.6) is 0 Å². The summed E-state index contributed by atoms with van der Waals surface area (Å²) in [6.07, 6.45) is 0. The molecule has 0 saturated heterocycles. The monoisotopic (exact) mass is 194 g/mol. The van der Waals surface area contributed by atoms with Crippen molar-refractivity contribution in [3.63, 3.8) is 0 Å². The minimum absolute atomic E-state index is 0. The molecule has 64 valence electrons. The molecule has 5 nitrogen and oxygen atoms in total. The second kappa shape index (κ2) is 6.36. The Hall–Kier alpha value is 0.830. The average Bonchev–Trinajstić information content (AvgIpc) is 1.81. The molecule has 0 aliphatic heterocycles. The molecular formula is C4H11NaO5S. The van der Waals surface area contributed by atoms with E-state index < -0.39 is 35.0 Å². The summed E-state index contributed by atoms with van der Waals surface area (Å²) in [6.45, 7) is -0.896. The Bertz CT molecular complexity index is 173. The van der Waals surface area contributed by atoms with Gasteiger partial charge < -0.3 is 10.2 Å². The maximum atomic E-state index is 10.1. The molecule has 0 saturated carbocycles. The van der Waals surface area contributed by atoms with Gasteiger partial charge in [-0.05, 0) is 0 Å². The molecule has 0 aromatic heterocycles. The Morgan fingerprint density at radius 2 is 1.55 bits per heavy atom. The van der Waals surface area contributed by atoms with Crippen molar-refractivity contribution in [1.82, 2.24) is 0 Å². The summed E-state index contributed by atoms with van der Waals surface area (Å²) in [5, 5.41) is 16.7. The second-order valence-corrected chi connectivity index (χ2v) is 3.48. The second-order valence-electron chi connectivity index (χ2n) is 1.98. The Labute approximate surface area is 87.5 Å². The van der Waals surface area contributed by atoms with E-state index in [1.165, 1.54) is 0 Å². The third-order valence-electron chi connectivity index (χ3n) is 0.963. The first-order valence-corrected chi connectivity index (χ1v) is 4.27. The van der Waals surface area contributed by atoms with Crippen LogP contribution in [0, 0.1) is 5.92 Å². The fourth-order valence-electron chi connectivity index (χ4n) is 0.461. The molecule has 7 heteroatoms. The van der Waals surface area contributed by atoms with Crippen LogP contribution in [0.4, 0.5) is 0 Å². The van der Waals surface area contributed by atoms with Crippen LogP contribution in [-0.4, -0.2) is 71.7 Å². The van der Waals surface area contributed by atoms with E-state index in [1.807, 2.05) is 0 Å². The third kappa shape index (κ3) is 8.74. The van der Waals surface area contributed by atoms with Gasteiger partial charge in [0.25, 0.3) is 10.1 Å². The van der Waals surface area contributed by atoms with Crippen LogP contribution in [0.1, 0.15) is 0 Å². The van der Waals surface area contributed by atoms with Crippen molar-refractivity contribution in [2.75, 3.05) is 19.0 Å². The molecule has 0 aliphatic carbocycles. The molecule has 3 N–H and O–H groups in total. The molecule has 0 atom stereocenters.